The van der Waals surface area contributed by atoms with Crippen LogP contribution in [0, 0.1) is 11.6 Å². The summed E-state index contributed by atoms with van der Waals surface area (Å²) in [5.41, 5.74) is 9.66. The summed E-state index contributed by atoms with van der Waals surface area (Å²) < 4.78 is 28.7. The van der Waals surface area contributed by atoms with Crippen LogP contribution in [0.4, 0.5) is 14.5 Å². The van der Waals surface area contributed by atoms with Crippen LogP contribution in [-0.4, -0.2) is 15.6 Å². The van der Waals surface area contributed by atoms with Crippen molar-refractivity contribution >= 4 is 11.5 Å². The average molecular weight is 353 g/mol. The fraction of sp³-hybridized carbons (Fsp3) is 0.200. The lowest BCUT2D eigenvalue weighted by Crippen LogP contribution is -2.14. The molecule has 2 N–H and O–H groups in total. The minimum Gasteiger partial charge on any atom is -0.399 e. The number of nitrogen functional groups attached to an aromatic ring is 1. The number of carbonyl (C=O) groups excluding carboxylic acids is 1. The van der Waals surface area contributed by atoms with Gasteiger partial charge >= 0.3 is 0 Å². The van der Waals surface area contributed by atoms with Gasteiger partial charge in [-0.3, -0.25) is 9.48 Å². The fourth-order valence-corrected chi connectivity index (χ4v) is 3.43. The van der Waals surface area contributed by atoms with Gasteiger partial charge in [-0.05, 0) is 42.7 Å². The number of fused-ring (bicyclic) bond motifs is 1. The Balaban J connectivity index is 1.81. The molecule has 0 saturated carbocycles. The number of ketones is 1. The number of anilines is 1. The van der Waals surface area contributed by atoms with Crippen LogP contribution in [0.2, 0.25) is 0 Å². The highest BCUT2D eigenvalue weighted by atomic mass is 19.1. The van der Waals surface area contributed by atoms with E-state index in [1.807, 2.05) is 12.1 Å². The molecule has 0 unspecified atom stereocenters. The van der Waals surface area contributed by atoms with Crippen LogP contribution in [0.1, 0.15) is 34.5 Å². The van der Waals surface area contributed by atoms with Gasteiger partial charge in [0.2, 0.25) is 0 Å². The Hall–Kier alpha value is -3.02. The first-order valence-electron chi connectivity index (χ1n) is 8.45. The quantitative estimate of drug-likeness (QED) is 0.725. The van der Waals surface area contributed by atoms with Gasteiger partial charge in [-0.15, -0.1) is 0 Å². The Bertz CT molecular complexity index is 973. The maximum atomic E-state index is 13.5. The van der Waals surface area contributed by atoms with E-state index in [2.05, 4.69) is 5.10 Å². The number of halogens is 2. The summed E-state index contributed by atoms with van der Waals surface area (Å²) >= 11 is 0. The molecule has 1 aliphatic rings. The van der Waals surface area contributed by atoms with E-state index >= 15 is 0 Å². The predicted molar refractivity (Wildman–Crippen MR) is 94.8 cm³/mol. The second kappa shape index (κ2) is 6.37. The van der Waals surface area contributed by atoms with Gasteiger partial charge in [0, 0.05) is 23.7 Å². The maximum Gasteiger partial charge on any atom is 0.166 e. The van der Waals surface area contributed by atoms with Crippen molar-refractivity contribution in [3.8, 4) is 11.3 Å². The van der Waals surface area contributed by atoms with Crippen LogP contribution in [0.15, 0.2) is 42.5 Å². The molecule has 4 rings (SSSR count). The van der Waals surface area contributed by atoms with Gasteiger partial charge in [-0.25, -0.2) is 8.78 Å². The lowest BCUT2D eigenvalue weighted by Gasteiger charge is -2.13. The summed E-state index contributed by atoms with van der Waals surface area (Å²) in [6.07, 6.45) is 1.94. The highest BCUT2D eigenvalue weighted by Gasteiger charge is 2.27. The van der Waals surface area contributed by atoms with Crippen molar-refractivity contribution < 1.29 is 13.6 Å². The van der Waals surface area contributed by atoms with Crippen molar-refractivity contribution in [3.05, 3.63) is 70.9 Å². The normalized spacial score (nSPS) is 13.7. The molecule has 0 bridgehead atoms. The van der Waals surface area contributed by atoms with Gasteiger partial charge in [-0.2, -0.15) is 5.10 Å². The first-order chi connectivity index (χ1) is 12.5. The summed E-state index contributed by atoms with van der Waals surface area (Å²) in [4.78, 5) is 12.5. The van der Waals surface area contributed by atoms with E-state index in [0.29, 0.717) is 35.3 Å². The smallest absolute Gasteiger partial charge is 0.166 e. The molecular formula is C20H17F2N3O. The third-order valence-corrected chi connectivity index (χ3v) is 4.59. The van der Waals surface area contributed by atoms with E-state index in [9.17, 15) is 13.6 Å². The van der Waals surface area contributed by atoms with E-state index < -0.39 is 11.6 Å². The molecule has 0 aliphatic heterocycles. The molecule has 0 spiro atoms. The molecule has 1 aromatic heterocycles. The number of hydrogen-bond acceptors (Lipinski definition) is 3. The molecule has 0 atom stereocenters. The SMILES string of the molecule is Nc1ccc(-c2nn(Cc3cc(F)cc(F)c3)c3c2C(=O)CCC3)cc1. The van der Waals surface area contributed by atoms with Crippen LogP contribution in [0.3, 0.4) is 0 Å². The van der Waals surface area contributed by atoms with Gasteiger partial charge in [0.25, 0.3) is 0 Å². The Labute approximate surface area is 149 Å². The molecule has 0 saturated heterocycles. The number of hydrogen-bond donors (Lipinski definition) is 1. The molecule has 0 amide bonds. The van der Waals surface area contributed by atoms with Crippen molar-refractivity contribution in [1.82, 2.24) is 9.78 Å². The number of aromatic nitrogens is 2. The van der Waals surface area contributed by atoms with Crippen LogP contribution in [0.25, 0.3) is 11.3 Å². The second-order valence-electron chi connectivity index (χ2n) is 6.50. The van der Waals surface area contributed by atoms with Crippen molar-refractivity contribution in [2.24, 2.45) is 0 Å². The summed E-state index contributed by atoms with van der Waals surface area (Å²) in [5.74, 6) is -1.21. The first-order valence-corrected chi connectivity index (χ1v) is 8.45. The molecule has 0 radical (unpaired) electrons. The number of nitrogens with zero attached hydrogens (tertiary/aromatic N) is 2. The number of Topliss-reactive ketones (excluding diaryl/α,β-unsaturated/α-hetero) is 1. The number of carbonyl (C=O) groups is 1. The summed E-state index contributed by atoms with van der Waals surface area (Å²) in [6.45, 7) is 0.208. The van der Waals surface area contributed by atoms with E-state index in [0.717, 1.165) is 23.7 Å². The zero-order valence-corrected chi connectivity index (χ0v) is 14.0. The molecule has 132 valence electrons. The number of nitrogens with two attached hydrogens (primary N) is 1. The second-order valence-corrected chi connectivity index (χ2v) is 6.50. The van der Waals surface area contributed by atoms with Crippen molar-refractivity contribution in [1.29, 1.82) is 0 Å². The van der Waals surface area contributed by atoms with E-state index in [1.54, 1.807) is 16.8 Å². The topological polar surface area (TPSA) is 60.9 Å². The van der Waals surface area contributed by atoms with Crippen molar-refractivity contribution in [2.75, 3.05) is 5.73 Å². The molecule has 3 aromatic rings. The highest BCUT2D eigenvalue weighted by molar-refractivity contribution is 6.03. The third kappa shape index (κ3) is 2.98. The molecule has 6 heteroatoms. The molecular weight excluding hydrogens is 336 g/mol. The molecule has 4 nitrogen and oxygen atoms in total. The predicted octanol–water partition coefficient (Wildman–Crippen LogP) is 3.98. The Morgan fingerprint density at radius 2 is 1.73 bits per heavy atom. The fourth-order valence-electron chi connectivity index (χ4n) is 3.43. The molecule has 2 aromatic carbocycles. The Kier molecular flexibility index (Phi) is 4.03. The van der Waals surface area contributed by atoms with E-state index in [-0.39, 0.29) is 12.3 Å². The van der Waals surface area contributed by atoms with Crippen LogP contribution in [-0.2, 0) is 13.0 Å². The minimum atomic E-state index is -0.629. The molecule has 1 aliphatic carbocycles. The Morgan fingerprint density at radius 1 is 1.04 bits per heavy atom. The highest BCUT2D eigenvalue weighted by Crippen LogP contribution is 2.32. The maximum absolute atomic E-state index is 13.5. The van der Waals surface area contributed by atoms with Crippen molar-refractivity contribution in [3.63, 3.8) is 0 Å². The van der Waals surface area contributed by atoms with Crippen molar-refractivity contribution in [2.45, 2.75) is 25.8 Å². The Morgan fingerprint density at radius 3 is 2.42 bits per heavy atom. The lowest BCUT2D eigenvalue weighted by atomic mass is 9.92. The molecule has 26 heavy (non-hydrogen) atoms. The summed E-state index contributed by atoms with van der Waals surface area (Å²) in [7, 11) is 0. The van der Waals surface area contributed by atoms with Gasteiger partial charge in [0.05, 0.1) is 17.8 Å². The van der Waals surface area contributed by atoms with Gasteiger partial charge in [-0.1, -0.05) is 12.1 Å². The monoisotopic (exact) mass is 353 g/mol. The largest absolute Gasteiger partial charge is 0.399 e. The average Bonchev–Trinajstić information content (AvgIpc) is 2.95. The number of rotatable bonds is 3. The van der Waals surface area contributed by atoms with Crippen LogP contribution in [0.5, 0.6) is 0 Å². The van der Waals surface area contributed by atoms with Crippen LogP contribution < -0.4 is 5.73 Å². The number of benzene rings is 2. The van der Waals surface area contributed by atoms with Gasteiger partial charge < -0.3 is 5.73 Å². The zero-order valence-electron chi connectivity index (χ0n) is 14.0. The zero-order chi connectivity index (χ0) is 18.3. The molecule has 1 heterocycles. The molecule has 0 fully saturated rings. The lowest BCUT2D eigenvalue weighted by molar-refractivity contribution is 0.0972. The first kappa shape index (κ1) is 16.4. The minimum absolute atomic E-state index is 0.0507. The van der Waals surface area contributed by atoms with E-state index in [1.165, 1.54) is 12.1 Å². The van der Waals surface area contributed by atoms with E-state index in [4.69, 9.17) is 5.73 Å². The van der Waals surface area contributed by atoms with Crippen LogP contribution >= 0.6 is 0 Å². The van der Waals surface area contributed by atoms with Gasteiger partial charge in [0.15, 0.2) is 5.78 Å². The standard InChI is InChI=1S/C20H17F2N3O/c21-14-8-12(9-15(22)10-14)11-25-17-2-1-3-18(26)19(17)20(24-25)13-4-6-16(23)7-5-13/h4-10H,1-3,11,23H2. The third-order valence-electron chi connectivity index (χ3n) is 4.59. The summed E-state index contributed by atoms with van der Waals surface area (Å²) in [5, 5.41) is 4.61. The van der Waals surface area contributed by atoms with Gasteiger partial charge in [0.1, 0.15) is 17.3 Å². The summed E-state index contributed by atoms with van der Waals surface area (Å²) in [6, 6.07) is 10.6.